The number of nitrogens with zero attached hydrogens (tertiary/aromatic N) is 2. The molecule has 2 aromatic heterocycles. The Balaban J connectivity index is 2.04. The van der Waals surface area contributed by atoms with Crippen LogP contribution < -0.4 is 5.56 Å². The van der Waals surface area contributed by atoms with Crippen molar-refractivity contribution in [2.45, 2.75) is 6.54 Å². The van der Waals surface area contributed by atoms with E-state index in [0.717, 1.165) is 10.8 Å². The number of thiophene rings is 1. The van der Waals surface area contributed by atoms with Crippen LogP contribution in [0.1, 0.15) is 5.56 Å². The zero-order valence-electron chi connectivity index (χ0n) is 10.7. The Hall–Kier alpha value is -2.54. The van der Waals surface area contributed by atoms with Gasteiger partial charge in [0, 0.05) is 17.0 Å². The number of non-ortho nitro benzene ring substituents is 1. The second kappa shape index (κ2) is 5.10. The monoisotopic (exact) mass is 304 g/mol. The molecule has 0 radical (unpaired) electrons. The fraction of sp³-hybridized carbons (Fsp3) is 0.0714. The molecule has 0 unspecified atom stereocenters. The Morgan fingerprint density at radius 3 is 2.86 bits per heavy atom. The van der Waals surface area contributed by atoms with Gasteiger partial charge in [-0.3, -0.25) is 14.9 Å². The van der Waals surface area contributed by atoms with Crippen LogP contribution in [0.15, 0.2) is 46.7 Å². The molecule has 5 nitrogen and oxygen atoms in total. The minimum absolute atomic E-state index is 0.0865. The van der Waals surface area contributed by atoms with E-state index in [2.05, 4.69) is 0 Å². The van der Waals surface area contributed by atoms with Crippen molar-refractivity contribution in [3.63, 3.8) is 0 Å². The topological polar surface area (TPSA) is 65.1 Å². The summed E-state index contributed by atoms with van der Waals surface area (Å²) in [5.74, 6) is -0.691. The smallest absolute Gasteiger partial charge is 0.272 e. The van der Waals surface area contributed by atoms with Gasteiger partial charge in [0.2, 0.25) is 0 Å². The van der Waals surface area contributed by atoms with Gasteiger partial charge in [0.15, 0.2) is 0 Å². The zero-order valence-corrected chi connectivity index (χ0v) is 11.5. The number of hydrogen-bond acceptors (Lipinski definition) is 4. The summed E-state index contributed by atoms with van der Waals surface area (Å²) in [6.45, 7) is 0.0865. The van der Waals surface area contributed by atoms with Crippen LogP contribution >= 0.6 is 11.3 Å². The van der Waals surface area contributed by atoms with E-state index in [1.165, 1.54) is 28.0 Å². The number of nitro benzene ring substituents is 1. The van der Waals surface area contributed by atoms with Crippen LogP contribution in [0.4, 0.5) is 10.1 Å². The van der Waals surface area contributed by atoms with Gasteiger partial charge in [-0.2, -0.15) is 0 Å². The van der Waals surface area contributed by atoms with Crippen LogP contribution in [0.2, 0.25) is 0 Å². The fourth-order valence-electron chi connectivity index (χ4n) is 2.16. The zero-order chi connectivity index (χ0) is 15.0. The number of halogens is 1. The van der Waals surface area contributed by atoms with Gasteiger partial charge in [0.25, 0.3) is 11.2 Å². The summed E-state index contributed by atoms with van der Waals surface area (Å²) in [6, 6.07) is 6.85. The van der Waals surface area contributed by atoms with Crippen molar-refractivity contribution in [1.29, 1.82) is 0 Å². The van der Waals surface area contributed by atoms with E-state index >= 15 is 0 Å². The number of aromatic nitrogens is 1. The third-order valence-electron chi connectivity index (χ3n) is 3.10. The molecule has 0 bridgehead atoms. The molecule has 0 amide bonds. The largest absolute Gasteiger partial charge is 0.311 e. The maximum absolute atomic E-state index is 13.4. The molecule has 0 aliphatic heterocycles. The van der Waals surface area contributed by atoms with E-state index in [0.29, 0.717) is 10.9 Å². The molecular weight excluding hydrogens is 295 g/mol. The fourth-order valence-corrected chi connectivity index (χ4v) is 2.93. The predicted octanol–water partition coefficient (Wildman–Crippen LogP) is 3.16. The van der Waals surface area contributed by atoms with Crippen molar-refractivity contribution in [1.82, 2.24) is 4.57 Å². The molecular formula is C14H9FN2O3S. The second-order valence-electron chi connectivity index (χ2n) is 4.52. The molecule has 0 saturated heterocycles. The standard InChI is InChI=1S/C14H9FN2O3S/c15-10-5-9(6-11(7-10)17(19)20)8-16-3-1-13-12(14(16)18)2-4-21-13/h1-7H,8H2. The number of hydrogen-bond donors (Lipinski definition) is 0. The average Bonchev–Trinajstić information content (AvgIpc) is 2.90. The molecule has 0 aliphatic rings. The minimum atomic E-state index is -0.691. The summed E-state index contributed by atoms with van der Waals surface area (Å²) in [5.41, 5.74) is -0.145. The van der Waals surface area contributed by atoms with Gasteiger partial charge in [-0.05, 0) is 29.1 Å². The Morgan fingerprint density at radius 2 is 2.10 bits per heavy atom. The van der Waals surface area contributed by atoms with E-state index in [-0.39, 0.29) is 17.8 Å². The van der Waals surface area contributed by atoms with Crippen molar-refractivity contribution >= 4 is 27.1 Å². The van der Waals surface area contributed by atoms with Crippen LogP contribution in [0, 0.1) is 15.9 Å². The lowest BCUT2D eigenvalue weighted by atomic mass is 10.2. The van der Waals surface area contributed by atoms with Crippen molar-refractivity contribution in [3.05, 3.63) is 73.8 Å². The third kappa shape index (κ3) is 2.55. The van der Waals surface area contributed by atoms with Crippen LogP contribution in [-0.2, 0) is 6.54 Å². The summed E-state index contributed by atoms with van der Waals surface area (Å²) in [7, 11) is 0. The highest BCUT2D eigenvalue weighted by Gasteiger charge is 2.11. The molecule has 7 heteroatoms. The molecule has 0 N–H and O–H groups in total. The van der Waals surface area contributed by atoms with E-state index in [1.54, 1.807) is 18.3 Å². The molecule has 3 rings (SSSR count). The van der Waals surface area contributed by atoms with Crippen LogP contribution in [0.25, 0.3) is 10.1 Å². The molecule has 0 saturated carbocycles. The van der Waals surface area contributed by atoms with Crippen LogP contribution in [0.5, 0.6) is 0 Å². The highest BCUT2D eigenvalue weighted by atomic mass is 32.1. The molecule has 0 spiro atoms. The molecule has 2 heterocycles. The van der Waals surface area contributed by atoms with E-state index in [9.17, 15) is 19.3 Å². The predicted molar refractivity (Wildman–Crippen MR) is 78.2 cm³/mol. The summed E-state index contributed by atoms with van der Waals surface area (Å²) in [5, 5.41) is 13.2. The number of pyridine rings is 1. The van der Waals surface area contributed by atoms with E-state index < -0.39 is 10.7 Å². The van der Waals surface area contributed by atoms with E-state index in [4.69, 9.17) is 0 Å². The summed E-state index contributed by atoms with van der Waals surface area (Å²) in [4.78, 5) is 22.3. The average molecular weight is 304 g/mol. The third-order valence-corrected chi connectivity index (χ3v) is 3.98. The molecule has 21 heavy (non-hydrogen) atoms. The Labute approximate surface area is 122 Å². The molecule has 0 atom stereocenters. The summed E-state index contributed by atoms with van der Waals surface area (Å²) in [6.07, 6.45) is 1.61. The van der Waals surface area contributed by atoms with Gasteiger partial charge in [-0.25, -0.2) is 4.39 Å². The van der Waals surface area contributed by atoms with Gasteiger partial charge in [0.05, 0.1) is 22.9 Å². The number of benzene rings is 1. The molecule has 106 valence electrons. The van der Waals surface area contributed by atoms with Gasteiger partial charge in [0.1, 0.15) is 5.82 Å². The first-order valence-electron chi connectivity index (χ1n) is 6.05. The number of fused-ring (bicyclic) bond motifs is 1. The maximum atomic E-state index is 13.4. The second-order valence-corrected chi connectivity index (χ2v) is 5.47. The van der Waals surface area contributed by atoms with Crippen molar-refractivity contribution in [3.8, 4) is 0 Å². The van der Waals surface area contributed by atoms with Gasteiger partial charge < -0.3 is 4.57 Å². The Morgan fingerprint density at radius 1 is 1.29 bits per heavy atom. The number of nitro groups is 1. The molecule has 0 fully saturated rings. The van der Waals surface area contributed by atoms with Gasteiger partial charge >= 0.3 is 0 Å². The Bertz CT molecular complexity index is 901. The lowest BCUT2D eigenvalue weighted by Crippen LogP contribution is -2.19. The highest BCUT2D eigenvalue weighted by Crippen LogP contribution is 2.19. The van der Waals surface area contributed by atoms with E-state index in [1.807, 2.05) is 5.38 Å². The first-order chi connectivity index (χ1) is 10.0. The Kier molecular flexibility index (Phi) is 3.26. The molecule has 0 aliphatic carbocycles. The maximum Gasteiger partial charge on any atom is 0.272 e. The SMILES string of the molecule is O=c1c2ccsc2ccn1Cc1cc(F)cc([N+](=O)[O-])c1. The van der Waals surface area contributed by atoms with Gasteiger partial charge in [-0.1, -0.05) is 0 Å². The lowest BCUT2D eigenvalue weighted by Gasteiger charge is -2.06. The minimum Gasteiger partial charge on any atom is -0.311 e. The van der Waals surface area contributed by atoms with Crippen molar-refractivity contribution in [2.75, 3.05) is 0 Å². The molecule has 1 aromatic carbocycles. The van der Waals surface area contributed by atoms with Crippen LogP contribution in [0.3, 0.4) is 0 Å². The summed E-state index contributed by atoms with van der Waals surface area (Å²) < 4.78 is 15.7. The normalized spacial score (nSPS) is 10.9. The quantitative estimate of drug-likeness (QED) is 0.551. The highest BCUT2D eigenvalue weighted by molar-refractivity contribution is 7.17. The molecule has 3 aromatic rings. The van der Waals surface area contributed by atoms with Crippen LogP contribution in [-0.4, -0.2) is 9.49 Å². The first-order valence-corrected chi connectivity index (χ1v) is 6.93. The number of rotatable bonds is 3. The summed E-state index contributed by atoms with van der Waals surface area (Å²) >= 11 is 1.46. The first kappa shape index (κ1) is 13.4. The van der Waals surface area contributed by atoms with Crippen molar-refractivity contribution in [2.24, 2.45) is 0 Å². The van der Waals surface area contributed by atoms with Crippen molar-refractivity contribution < 1.29 is 9.31 Å². The van der Waals surface area contributed by atoms with Gasteiger partial charge in [-0.15, -0.1) is 11.3 Å². The lowest BCUT2D eigenvalue weighted by molar-refractivity contribution is -0.385.